The van der Waals surface area contributed by atoms with Gasteiger partial charge in [0.25, 0.3) is 0 Å². The monoisotopic (exact) mass is 409 g/mol. The van der Waals surface area contributed by atoms with Crippen LogP contribution in [0.25, 0.3) is 0 Å². The number of amides is 1. The summed E-state index contributed by atoms with van der Waals surface area (Å²) in [4.78, 5) is 33.8. The van der Waals surface area contributed by atoms with Crippen molar-refractivity contribution in [2.75, 3.05) is 51.5 Å². The average molecular weight is 410 g/mol. The molecular formula is C16H28BrNO6. The maximum absolute atomic E-state index is 11.4. The maximum Gasteiger partial charge on any atom is 0.245 e. The number of Topliss-reactive ketones (excluding diaryl/α,β-unsaturated/α-hetero) is 2. The third kappa shape index (κ3) is 16.0. The van der Waals surface area contributed by atoms with Crippen LogP contribution in [0.15, 0.2) is 0 Å². The summed E-state index contributed by atoms with van der Waals surface area (Å²) in [5.74, 6) is -0.00810. The van der Waals surface area contributed by atoms with Crippen LogP contribution >= 0.6 is 15.9 Å². The molecular weight excluding hydrogens is 382 g/mol. The lowest BCUT2D eigenvalue weighted by Crippen LogP contribution is -2.29. The Labute approximate surface area is 151 Å². The first-order valence-electron chi connectivity index (χ1n) is 8.19. The predicted molar refractivity (Wildman–Crippen MR) is 93.4 cm³/mol. The van der Waals surface area contributed by atoms with Crippen LogP contribution in [0.2, 0.25) is 0 Å². The van der Waals surface area contributed by atoms with Gasteiger partial charge in [0.05, 0.1) is 18.5 Å². The normalized spacial score (nSPS) is 10.6. The molecule has 1 N–H and O–H groups in total. The molecule has 0 heterocycles. The Morgan fingerprint density at radius 2 is 1.58 bits per heavy atom. The average Bonchev–Trinajstić information content (AvgIpc) is 2.58. The highest BCUT2D eigenvalue weighted by molar-refractivity contribution is 9.09. The summed E-state index contributed by atoms with van der Waals surface area (Å²) < 4.78 is 15.5. The van der Waals surface area contributed by atoms with Gasteiger partial charge in [-0.1, -0.05) is 15.9 Å². The van der Waals surface area contributed by atoms with E-state index in [9.17, 15) is 14.4 Å². The molecule has 24 heavy (non-hydrogen) atoms. The highest BCUT2D eigenvalue weighted by Gasteiger charge is 2.03. The molecule has 8 heteroatoms. The van der Waals surface area contributed by atoms with E-state index in [2.05, 4.69) is 21.2 Å². The van der Waals surface area contributed by atoms with Crippen LogP contribution in [0.3, 0.4) is 0 Å². The van der Waals surface area contributed by atoms with Gasteiger partial charge in [0.1, 0.15) is 19.0 Å². The Balaban J connectivity index is 3.30. The molecule has 0 unspecified atom stereocenters. The van der Waals surface area contributed by atoms with Gasteiger partial charge in [0.2, 0.25) is 5.91 Å². The van der Waals surface area contributed by atoms with Gasteiger partial charge in [0, 0.05) is 32.6 Å². The molecule has 1 amide bonds. The lowest BCUT2D eigenvalue weighted by molar-refractivity contribution is -0.126. The third-order valence-electron chi connectivity index (χ3n) is 2.92. The molecule has 0 aromatic heterocycles. The highest BCUT2D eigenvalue weighted by atomic mass is 79.9. The van der Waals surface area contributed by atoms with Gasteiger partial charge >= 0.3 is 0 Å². The number of alkyl halides is 1. The van der Waals surface area contributed by atoms with Gasteiger partial charge in [-0.25, -0.2) is 0 Å². The van der Waals surface area contributed by atoms with E-state index in [1.54, 1.807) is 0 Å². The first kappa shape index (κ1) is 23.2. The Morgan fingerprint density at radius 3 is 2.29 bits per heavy atom. The molecule has 140 valence electrons. The Morgan fingerprint density at radius 1 is 0.875 bits per heavy atom. The summed E-state index contributed by atoms with van der Waals surface area (Å²) in [7, 11) is 0. The fourth-order valence-corrected chi connectivity index (χ4v) is 1.96. The second-order valence-electron chi connectivity index (χ2n) is 5.07. The molecule has 0 bridgehead atoms. The second kappa shape index (κ2) is 17.0. The minimum atomic E-state index is -0.206. The smallest absolute Gasteiger partial charge is 0.245 e. The number of hydrogen-bond donors (Lipinski definition) is 1. The number of hydrogen-bond acceptors (Lipinski definition) is 6. The minimum Gasteiger partial charge on any atom is -0.379 e. The lowest BCUT2D eigenvalue weighted by Gasteiger charge is -2.07. The maximum atomic E-state index is 11.4. The van der Waals surface area contributed by atoms with E-state index in [1.165, 1.54) is 0 Å². The standard InChI is InChI=1S/C16H28BrNO6/c1-2-22-12-15(20)6-4-8-23-9-10-24-13-16(21)18-7-3-5-14(19)11-17/h2-13H2,1H3,(H,18,21). The van der Waals surface area contributed by atoms with E-state index >= 15 is 0 Å². The molecule has 0 aliphatic rings. The second-order valence-corrected chi connectivity index (χ2v) is 5.63. The fourth-order valence-electron chi connectivity index (χ4n) is 1.68. The van der Waals surface area contributed by atoms with E-state index in [4.69, 9.17) is 14.2 Å². The molecule has 0 aromatic rings. The SMILES string of the molecule is CCOCC(=O)CCCOCCOCC(=O)NCCCC(=O)CBr. The van der Waals surface area contributed by atoms with Crippen molar-refractivity contribution in [3.8, 4) is 0 Å². The van der Waals surface area contributed by atoms with Gasteiger partial charge in [-0.2, -0.15) is 0 Å². The molecule has 0 rings (SSSR count). The van der Waals surface area contributed by atoms with Crippen LogP contribution in [-0.2, 0) is 28.6 Å². The third-order valence-corrected chi connectivity index (χ3v) is 3.55. The van der Waals surface area contributed by atoms with Crippen molar-refractivity contribution in [2.24, 2.45) is 0 Å². The number of ketones is 2. The van der Waals surface area contributed by atoms with E-state index in [-0.39, 0.29) is 30.7 Å². The van der Waals surface area contributed by atoms with E-state index < -0.39 is 0 Å². The van der Waals surface area contributed by atoms with Crippen molar-refractivity contribution in [1.82, 2.24) is 5.32 Å². The number of nitrogens with one attached hydrogen (secondary N) is 1. The molecule has 0 saturated heterocycles. The van der Waals surface area contributed by atoms with Gasteiger partial charge in [0.15, 0.2) is 5.78 Å². The summed E-state index contributed by atoms with van der Waals surface area (Å²) in [6.45, 7) is 4.18. The van der Waals surface area contributed by atoms with Crippen molar-refractivity contribution in [3.63, 3.8) is 0 Å². The van der Waals surface area contributed by atoms with E-state index in [1.807, 2.05) is 6.92 Å². The largest absolute Gasteiger partial charge is 0.379 e. The predicted octanol–water partition coefficient (Wildman–Crippen LogP) is 1.27. The van der Waals surface area contributed by atoms with Crippen LogP contribution < -0.4 is 5.32 Å². The zero-order valence-electron chi connectivity index (χ0n) is 14.3. The van der Waals surface area contributed by atoms with Crippen LogP contribution in [-0.4, -0.2) is 69.0 Å². The lowest BCUT2D eigenvalue weighted by atomic mass is 10.2. The zero-order chi connectivity index (χ0) is 18.0. The summed E-state index contributed by atoms with van der Waals surface area (Å²) in [6, 6.07) is 0. The molecule has 0 saturated carbocycles. The summed E-state index contributed by atoms with van der Waals surface area (Å²) >= 11 is 3.09. The summed E-state index contributed by atoms with van der Waals surface area (Å²) in [5.41, 5.74) is 0. The van der Waals surface area contributed by atoms with Gasteiger partial charge in [-0.05, 0) is 19.8 Å². The van der Waals surface area contributed by atoms with Crippen molar-refractivity contribution in [3.05, 3.63) is 0 Å². The first-order chi connectivity index (χ1) is 11.6. The minimum absolute atomic E-state index is 0.0252. The molecule has 0 fully saturated rings. The summed E-state index contributed by atoms with van der Waals surface area (Å²) in [6.07, 6.45) is 2.18. The topological polar surface area (TPSA) is 90.9 Å². The fraction of sp³-hybridized carbons (Fsp3) is 0.812. The van der Waals surface area contributed by atoms with Gasteiger partial charge in [-0.15, -0.1) is 0 Å². The van der Waals surface area contributed by atoms with Crippen molar-refractivity contribution in [2.45, 2.75) is 32.6 Å². The Hall–Kier alpha value is -0.830. The van der Waals surface area contributed by atoms with Crippen LogP contribution in [0.4, 0.5) is 0 Å². The van der Waals surface area contributed by atoms with E-state index in [0.29, 0.717) is 64.0 Å². The number of carbonyl (C=O) groups excluding carboxylic acids is 3. The van der Waals surface area contributed by atoms with Crippen molar-refractivity contribution < 1.29 is 28.6 Å². The quantitative estimate of drug-likeness (QED) is 0.287. The molecule has 0 aliphatic heterocycles. The molecule has 0 aromatic carbocycles. The first-order valence-corrected chi connectivity index (χ1v) is 9.31. The van der Waals surface area contributed by atoms with Crippen molar-refractivity contribution in [1.29, 1.82) is 0 Å². The molecule has 0 radical (unpaired) electrons. The number of halogens is 1. The van der Waals surface area contributed by atoms with Crippen LogP contribution in [0.1, 0.15) is 32.6 Å². The number of carbonyl (C=O) groups is 3. The van der Waals surface area contributed by atoms with Crippen molar-refractivity contribution >= 4 is 33.4 Å². The highest BCUT2D eigenvalue weighted by Crippen LogP contribution is 1.94. The summed E-state index contributed by atoms with van der Waals surface area (Å²) in [5, 5.41) is 3.03. The zero-order valence-corrected chi connectivity index (χ0v) is 15.9. The molecule has 7 nitrogen and oxygen atoms in total. The van der Waals surface area contributed by atoms with Crippen LogP contribution in [0, 0.1) is 0 Å². The number of rotatable bonds is 17. The number of ether oxygens (including phenoxy) is 3. The Kier molecular flexibility index (Phi) is 16.4. The van der Waals surface area contributed by atoms with E-state index in [0.717, 1.165) is 0 Å². The molecule has 0 aliphatic carbocycles. The Bertz CT molecular complexity index is 364. The molecule has 0 spiro atoms. The van der Waals surface area contributed by atoms with Gasteiger partial charge in [-0.3, -0.25) is 14.4 Å². The molecule has 0 atom stereocenters. The van der Waals surface area contributed by atoms with Crippen LogP contribution in [0.5, 0.6) is 0 Å². The van der Waals surface area contributed by atoms with Gasteiger partial charge < -0.3 is 19.5 Å².